The zero-order valence-electron chi connectivity index (χ0n) is 12.3. The maximum absolute atomic E-state index is 13.6. The van der Waals surface area contributed by atoms with Crippen molar-refractivity contribution in [2.45, 2.75) is 19.9 Å². The summed E-state index contributed by atoms with van der Waals surface area (Å²) in [6.07, 6.45) is 1.50. The second-order valence-electron chi connectivity index (χ2n) is 4.89. The predicted molar refractivity (Wildman–Crippen MR) is 80.8 cm³/mol. The van der Waals surface area contributed by atoms with Crippen molar-refractivity contribution in [1.29, 1.82) is 0 Å². The number of nitrogens with one attached hydrogen (secondary N) is 2. The number of hydrogen-bond acceptors (Lipinski definition) is 3. The maximum atomic E-state index is 13.6. The summed E-state index contributed by atoms with van der Waals surface area (Å²) in [7, 11) is 1.76. The third-order valence-corrected chi connectivity index (χ3v) is 3.33. The Kier molecular flexibility index (Phi) is 4.52. The second kappa shape index (κ2) is 6.35. The van der Waals surface area contributed by atoms with E-state index in [1.165, 1.54) is 12.3 Å². The molecule has 1 unspecified atom stereocenters. The van der Waals surface area contributed by atoms with Gasteiger partial charge in [-0.3, -0.25) is 4.79 Å². The van der Waals surface area contributed by atoms with Gasteiger partial charge in [-0.25, -0.2) is 9.37 Å². The highest BCUT2D eigenvalue weighted by molar-refractivity contribution is 5.94. The monoisotopic (exact) mass is 287 g/mol. The zero-order chi connectivity index (χ0) is 15.4. The van der Waals surface area contributed by atoms with Gasteiger partial charge in [-0.15, -0.1) is 0 Å². The molecule has 1 heterocycles. The van der Waals surface area contributed by atoms with Gasteiger partial charge in [0.05, 0.1) is 11.6 Å². The van der Waals surface area contributed by atoms with E-state index in [-0.39, 0.29) is 17.8 Å². The topological polar surface area (TPSA) is 54.0 Å². The van der Waals surface area contributed by atoms with Crippen molar-refractivity contribution in [3.05, 3.63) is 59.0 Å². The van der Waals surface area contributed by atoms with E-state index in [1.54, 1.807) is 32.2 Å². The Hall–Kier alpha value is -2.43. The lowest BCUT2D eigenvalue weighted by Crippen LogP contribution is -2.26. The third kappa shape index (κ3) is 3.56. The fourth-order valence-corrected chi connectivity index (χ4v) is 1.92. The van der Waals surface area contributed by atoms with Crippen molar-refractivity contribution in [2.75, 3.05) is 12.4 Å². The lowest BCUT2D eigenvalue weighted by atomic mass is 10.1. The van der Waals surface area contributed by atoms with Gasteiger partial charge in [-0.05, 0) is 43.2 Å². The van der Waals surface area contributed by atoms with Crippen LogP contribution in [-0.4, -0.2) is 17.9 Å². The minimum absolute atomic E-state index is 0.237. The predicted octanol–water partition coefficient (Wildman–Crippen LogP) is 3.06. The van der Waals surface area contributed by atoms with Gasteiger partial charge < -0.3 is 10.6 Å². The molecular weight excluding hydrogens is 269 g/mol. The van der Waals surface area contributed by atoms with E-state index in [0.717, 1.165) is 5.56 Å². The standard InChI is InChI=1S/C16H18FN3O/c1-10-4-5-12(8-14(10)17)11(2)20-16(21)13-6-7-15(18-3)19-9-13/h4-9,11H,1-3H3,(H,18,19)(H,20,21). The quantitative estimate of drug-likeness (QED) is 0.908. The fraction of sp³-hybridized carbons (Fsp3) is 0.250. The number of aryl methyl sites for hydroxylation is 1. The van der Waals surface area contributed by atoms with Crippen LogP contribution in [0.15, 0.2) is 36.5 Å². The number of hydrogen-bond donors (Lipinski definition) is 2. The highest BCUT2D eigenvalue weighted by atomic mass is 19.1. The van der Waals surface area contributed by atoms with Crippen LogP contribution in [0, 0.1) is 12.7 Å². The van der Waals surface area contributed by atoms with Gasteiger partial charge in [0.1, 0.15) is 11.6 Å². The first kappa shape index (κ1) is 15.0. The van der Waals surface area contributed by atoms with Crippen LogP contribution in [0.5, 0.6) is 0 Å². The first-order valence-corrected chi connectivity index (χ1v) is 6.72. The smallest absolute Gasteiger partial charge is 0.253 e. The van der Waals surface area contributed by atoms with Gasteiger partial charge in [0.2, 0.25) is 0 Å². The summed E-state index contributed by atoms with van der Waals surface area (Å²) in [6.45, 7) is 3.52. The third-order valence-electron chi connectivity index (χ3n) is 3.33. The van der Waals surface area contributed by atoms with E-state index in [1.807, 2.05) is 13.0 Å². The highest BCUT2D eigenvalue weighted by Gasteiger charge is 2.13. The minimum atomic E-state index is -0.281. The van der Waals surface area contributed by atoms with Crippen LogP contribution < -0.4 is 10.6 Å². The average molecular weight is 287 g/mol. The largest absolute Gasteiger partial charge is 0.373 e. The van der Waals surface area contributed by atoms with Crippen molar-refractivity contribution < 1.29 is 9.18 Å². The lowest BCUT2D eigenvalue weighted by molar-refractivity contribution is 0.0939. The van der Waals surface area contributed by atoms with Crippen molar-refractivity contribution in [1.82, 2.24) is 10.3 Å². The molecule has 5 heteroatoms. The average Bonchev–Trinajstić information content (AvgIpc) is 2.50. The molecule has 4 nitrogen and oxygen atoms in total. The van der Waals surface area contributed by atoms with Crippen LogP contribution in [0.2, 0.25) is 0 Å². The summed E-state index contributed by atoms with van der Waals surface area (Å²) < 4.78 is 13.6. The molecular formula is C16H18FN3O. The Labute approximate surface area is 123 Å². The molecule has 2 aromatic rings. The van der Waals surface area contributed by atoms with Gasteiger partial charge in [0.25, 0.3) is 5.91 Å². The normalized spacial score (nSPS) is 11.8. The number of benzene rings is 1. The number of amides is 1. The molecule has 110 valence electrons. The lowest BCUT2D eigenvalue weighted by Gasteiger charge is -2.15. The minimum Gasteiger partial charge on any atom is -0.373 e. The van der Waals surface area contributed by atoms with Gasteiger partial charge in [-0.2, -0.15) is 0 Å². The molecule has 1 aromatic carbocycles. The van der Waals surface area contributed by atoms with E-state index in [0.29, 0.717) is 16.9 Å². The van der Waals surface area contributed by atoms with E-state index >= 15 is 0 Å². The van der Waals surface area contributed by atoms with E-state index in [2.05, 4.69) is 15.6 Å². The molecule has 0 fully saturated rings. The van der Waals surface area contributed by atoms with Crippen LogP contribution in [0.4, 0.5) is 10.2 Å². The van der Waals surface area contributed by atoms with Crippen LogP contribution in [-0.2, 0) is 0 Å². The van der Waals surface area contributed by atoms with Crippen LogP contribution >= 0.6 is 0 Å². The molecule has 0 saturated carbocycles. The molecule has 0 saturated heterocycles. The Balaban J connectivity index is 2.08. The summed E-state index contributed by atoms with van der Waals surface area (Å²) in [5, 5.41) is 5.72. The molecule has 1 amide bonds. The maximum Gasteiger partial charge on any atom is 0.253 e. The Morgan fingerprint density at radius 1 is 1.29 bits per heavy atom. The molecule has 0 radical (unpaired) electrons. The first-order valence-electron chi connectivity index (χ1n) is 6.72. The number of nitrogens with zero attached hydrogens (tertiary/aromatic N) is 1. The van der Waals surface area contributed by atoms with Gasteiger partial charge in [0, 0.05) is 13.2 Å². The Morgan fingerprint density at radius 2 is 2.05 bits per heavy atom. The number of carbonyl (C=O) groups is 1. The molecule has 0 spiro atoms. The number of rotatable bonds is 4. The molecule has 1 atom stereocenters. The molecule has 0 aliphatic rings. The van der Waals surface area contributed by atoms with Gasteiger partial charge >= 0.3 is 0 Å². The molecule has 0 aliphatic carbocycles. The first-order chi connectivity index (χ1) is 10.0. The Morgan fingerprint density at radius 3 is 2.62 bits per heavy atom. The molecule has 2 rings (SSSR count). The van der Waals surface area contributed by atoms with E-state index in [4.69, 9.17) is 0 Å². The van der Waals surface area contributed by atoms with E-state index < -0.39 is 0 Å². The molecule has 0 aliphatic heterocycles. The summed E-state index contributed by atoms with van der Waals surface area (Å²) >= 11 is 0. The van der Waals surface area contributed by atoms with Crippen molar-refractivity contribution in [3.8, 4) is 0 Å². The van der Waals surface area contributed by atoms with Crippen molar-refractivity contribution >= 4 is 11.7 Å². The van der Waals surface area contributed by atoms with Gasteiger partial charge in [-0.1, -0.05) is 12.1 Å². The van der Waals surface area contributed by atoms with Crippen LogP contribution in [0.25, 0.3) is 0 Å². The number of pyridine rings is 1. The van der Waals surface area contributed by atoms with Crippen molar-refractivity contribution in [2.24, 2.45) is 0 Å². The molecule has 0 bridgehead atoms. The van der Waals surface area contributed by atoms with Crippen LogP contribution in [0.3, 0.4) is 0 Å². The fourth-order valence-electron chi connectivity index (χ4n) is 1.92. The number of halogens is 1. The number of carbonyl (C=O) groups excluding carboxylic acids is 1. The summed E-state index contributed by atoms with van der Waals surface area (Å²) in [4.78, 5) is 16.2. The number of aromatic nitrogens is 1. The van der Waals surface area contributed by atoms with Crippen LogP contribution in [0.1, 0.15) is 34.5 Å². The SMILES string of the molecule is CNc1ccc(C(=O)NC(C)c2ccc(C)c(F)c2)cn1. The highest BCUT2D eigenvalue weighted by Crippen LogP contribution is 2.17. The van der Waals surface area contributed by atoms with Gasteiger partial charge in [0.15, 0.2) is 0 Å². The van der Waals surface area contributed by atoms with Crippen molar-refractivity contribution in [3.63, 3.8) is 0 Å². The van der Waals surface area contributed by atoms with E-state index in [9.17, 15) is 9.18 Å². The zero-order valence-corrected chi connectivity index (χ0v) is 12.3. The Bertz CT molecular complexity index is 640. The molecule has 21 heavy (non-hydrogen) atoms. The summed E-state index contributed by atoms with van der Waals surface area (Å²) in [6, 6.07) is 8.10. The molecule has 1 aromatic heterocycles. The second-order valence-corrected chi connectivity index (χ2v) is 4.89. The summed E-state index contributed by atoms with van der Waals surface area (Å²) in [5.41, 5.74) is 1.78. The number of anilines is 1. The summed E-state index contributed by atoms with van der Waals surface area (Å²) in [5.74, 6) is 0.187. The molecule has 2 N–H and O–H groups in total.